The van der Waals surface area contributed by atoms with Crippen molar-refractivity contribution < 1.29 is 9.59 Å². The van der Waals surface area contributed by atoms with Crippen LogP contribution in [0.5, 0.6) is 0 Å². The van der Waals surface area contributed by atoms with Gasteiger partial charge in [-0.25, -0.2) is 14.8 Å². The van der Waals surface area contributed by atoms with Crippen molar-refractivity contribution in [2.45, 2.75) is 13.8 Å². The predicted octanol–water partition coefficient (Wildman–Crippen LogP) is 3.03. The molecule has 7 heteroatoms. The zero-order valence-electron chi connectivity index (χ0n) is 15.1. The fourth-order valence-electron chi connectivity index (χ4n) is 3.04. The van der Waals surface area contributed by atoms with Gasteiger partial charge in [0, 0.05) is 30.0 Å². The van der Waals surface area contributed by atoms with E-state index in [1.807, 2.05) is 26.0 Å². The van der Waals surface area contributed by atoms with Crippen molar-refractivity contribution in [3.05, 3.63) is 59.4 Å². The number of hydrogen-bond acceptors (Lipinski definition) is 4. The molecule has 3 aromatic rings. The maximum absolute atomic E-state index is 12.7. The molecule has 1 aliphatic rings. The maximum Gasteiger partial charge on any atom is 0.321 e. The summed E-state index contributed by atoms with van der Waals surface area (Å²) in [5, 5.41) is 5.65. The van der Waals surface area contributed by atoms with Crippen LogP contribution in [0, 0.1) is 13.8 Å². The molecule has 0 saturated carbocycles. The fourth-order valence-corrected chi connectivity index (χ4v) is 3.04. The lowest BCUT2D eigenvalue weighted by atomic mass is 10.1. The number of carbonyl (C=O) groups excluding carboxylic acids is 2. The summed E-state index contributed by atoms with van der Waals surface area (Å²) in [4.78, 5) is 35.1. The molecule has 0 unspecified atom stereocenters. The normalized spacial score (nSPS) is 13.7. The van der Waals surface area contributed by atoms with Crippen molar-refractivity contribution in [1.82, 2.24) is 15.3 Å². The van der Waals surface area contributed by atoms with Crippen molar-refractivity contribution >= 4 is 34.3 Å². The molecule has 7 nitrogen and oxygen atoms in total. The quantitative estimate of drug-likeness (QED) is 0.751. The zero-order chi connectivity index (χ0) is 19.0. The Morgan fingerprint density at radius 3 is 2.59 bits per heavy atom. The highest BCUT2D eigenvalue weighted by atomic mass is 16.2. The molecule has 2 aromatic carbocycles. The minimum Gasteiger partial charge on any atom is -0.336 e. The molecule has 0 atom stereocenters. The van der Waals surface area contributed by atoms with Crippen molar-refractivity contribution in [2.75, 3.05) is 23.3 Å². The summed E-state index contributed by atoms with van der Waals surface area (Å²) in [6, 6.07) is 12.4. The Balaban J connectivity index is 1.58. The second-order valence-electron chi connectivity index (χ2n) is 6.49. The average Bonchev–Trinajstić information content (AvgIpc) is 3.08. The topological polar surface area (TPSA) is 87.2 Å². The summed E-state index contributed by atoms with van der Waals surface area (Å²) in [5.41, 5.74) is 5.05. The van der Waals surface area contributed by atoms with E-state index in [0.29, 0.717) is 29.9 Å². The molecule has 1 saturated heterocycles. The van der Waals surface area contributed by atoms with Gasteiger partial charge in [0.15, 0.2) is 0 Å². The SMILES string of the molecule is Cc1nc2ccc(C(=O)Nc3cccc(N4CCNC4=O)c3)cc2nc1C. The molecular weight excluding hydrogens is 342 g/mol. The summed E-state index contributed by atoms with van der Waals surface area (Å²) in [7, 11) is 0. The Morgan fingerprint density at radius 2 is 1.85 bits per heavy atom. The summed E-state index contributed by atoms with van der Waals surface area (Å²) in [6.07, 6.45) is 0. The van der Waals surface area contributed by atoms with Crippen LogP contribution in [0.2, 0.25) is 0 Å². The zero-order valence-corrected chi connectivity index (χ0v) is 15.1. The van der Waals surface area contributed by atoms with E-state index in [1.165, 1.54) is 0 Å². The van der Waals surface area contributed by atoms with Crippen LogP contribution in [-0.4, -0.2) is 35.0 Å². The second-order valence-corrected chi connectivity index (χ2v) is 6.49. The largest absolute Gasteiger partial charge is 0.336 e. The second kappa shape index (κ2) is 6.68. The molecule has 2 heterocycles. The summed E-state index contributed by atoms with van der Waals surface area (Å²) >= 11 is 0. The third-order valence-corrected chi connectivity index (χ3v) is 4.61. The molecule has 1 aliphatic heterocycles. The first-order chi connectivity index (χ1) is 13.0. The Kier molecular flexibility index (Phi) is 4.19. The number of nitrogens with zero attached hydrogens (tertiary/aromatic N) is 3. The lowest BCUT2D eigenvalue weighted by molar-refractivity contribution is 0.102. The number of carbonyl (C=O) groups is 2. The number of fused-ring (bicyclic) bond motifs is 1. The minimum atomic E-state index is -0.236. The molecule has 2 N–H and O–H groups in total. The number of aryl methyl sites for hydroxylation is 2. The van der Waals surface area contributed by atoms with Crippen molar-refractivity contribution in [3.63, 3.8) is 0 Å². The average molecular weight is 361 g/mol. The number of nitrogens with one attached hydrogen (secondary N) is 2. The Bertz CT molecular complexity index is 1060. The minimum absolute atomic E-state index is 0.128. The molecular formula is C20H19N5O2. The van der Waals surface area contributed by atoms with E-state index in [1.54, 1.807) is 35.2 Å². The molecule has 3 amide bonds. The third-order valence-electron chi connectivity index (χ3n) is 4.61. The first-order valence-electron chi connectivity index (χ1n) is 8.73. The van der Waals surface area contributed by atoms with E-state index in [0.717, 1.165) is 22.6 Å². The molecule has 0 spiro atoms. The molecule has 27 heavy (non-hydrogen) atoms. The van der Waals surface area contributed by atoms with Gasteiger partial charge in [-0.3, -0.25) is 9.69 Å². The van der Waals surface area contributed by atoms with Crippen molar-refractivity contribution in [1.29, 1.82) is 0 Å². The van der Waals surface area contributed by atoms with Gasteiger partial charge in [0.1, 0.15) is 0 Å². The fraction of sp³-hybridized carbons (Fsp3) is 0.200. The monoisotopic (exact) mass is 361 g/mol. The van der Waals surface area contributed by atoms with Gasteiger partial charge in [-0.05, 0) is 50.2 Å². The van der Waals surface area contributed by atoms with Gasteiger partial charge >= 0.3 is 6.03 Å². The molecule has 1 aromatic heterocycles. The first-order valence-corrected chi connectivity index (χ1v) is 8.73. The van der Waals surface area contributed by atoms with Crippen LogP contribution in [0.1, 0.15) is 21.7 Å². The molecule has 1 fully saturated rings. The first kappa shape index (κ1) is 17.0. The Hall–Kier alpha value is -3.48. The summed E-state index contributed by atoms with van der Waals surface area (Å²) in [6.45, 7) is 5.04. The van der Waals surface area contributed by atoms with Gasteiger partial charge in [0.05, 0.1) is 22.4 Å². The van der Waals surface area contributed by atoms with Crippen LogP contribution in [0.4, 0.5) is 16.2 Å². The summed E-state index contributed by atoms with van der Waals surface area (Å²) < 4.78 is 0. The number of urea groups is 1. The van der Waals surface area contributed by atoms with Gasteiger partial charge in [0.2, 0.25) is 0 Å². The lowest BCUT2D eigenvalue weighted by Crippen LogP contribution is -2.27. The number of anilines is 2. The van der Waals surface area contributed by atoms with Crippen LogP contribution < -0.4 is 15.5 Å². The Labute approximate surface area is 156 Å². The van der Waals surface area contributed by atoms with E-state index in [4.69, 9.17) is 0 Å². The third kappa shape index (κ3) is 3.31. The van der Waals surface area contributed by atoms with Gasteiger partial charge in [-0.2, -0.15) is 0 Å². The van der Waals surface area contributed by atoms with Gasteiger partial charge in [-0.1, -0.05) is 6.07 Å². The van der Waals surface area contributed by atoms with Crippen LogP contribution in [0.15, 0.2) is 42.5 Å². The number of rotatable bonds is 3. The smallest absolute Gasteiger partial charge is 0.321 e. The van der Waals surface area contributed by atoms with E-state index >= 15 is 0 Å². The van der Waals surface area contributed by atoms with Gasteiger partial charge in [0.25, 0.3) is 5.91 Å². The highest BCUT2D eigenvalue weighted by Crippen LogP contribution is 2.22. The number of hydrogen-bond donors (Lipinski definition) is 2. The van der Waals surface area contributed by atoms with E-state index in [2.05, 4.69) is 20.6 Å². The number of amides is 3. The highest BCUT2D eigenvalue weighted by Gasteiger charge is 2.21. The van der Waals surface area contributed by atoms with Gasteiger partial charge in [-0.15, -0.1) is 0 Å². The van der Waals surface area contributed by atoms with E-state index in [9.17, 15) is 9.59 Å². The maximum atomic E-state index is 12.7. The van der Waals surface area contributed by atoms with Crippen LogP contribution in [0.3, 0.4) is 0 Å². The predicted molar refractivity (Wildman–Crippen MR) is 104 cm³/mol. The Morgan fingerprint density at radius 1 is 1.07 bits per heavy atom. The van der Waals surface area contributed by atoms with Gasteiger partial charge < -0.3 is 10.6 Å². The standard InChI is InChI=1S/C20H19N5O2/c1-12-13(2)23-18-10-14(6-7-17(18)22-12)19(26)24-15-4-3-5-16(11-15)25-9-8-21-20(25)27/h3-7,10-11H,8-9H2,1-2H3,(H,21,27)(H,24,26). The summed E-state index contributed by atoms with van der Waals surface area (Å²) in [5.74, 6) is -0.236. The van der Waals surface area contributed by atoms with Crippen molar-refractivity contribution in [2.24, 2.45) is 0 Å². The molecule has 0 radical (unpaired) electrons. The highest BCUT2D eigenvalue weighted by molar-refractivity contribution is 6.06. The van der Waals surface area contributed by atoms with E-state index in [-0.39, 0.29) is 11.9 Å². The van der Waals surface area contributed by atoms with Crippen LogP contribution in [0.25, 0.3) is 11.0 Å². The van der Waals surface area contributed by atoms with Crippen LogP contribution >= 0.6 is 0 Å². The number of benzene rings is 2. The van der Waals surface area contributed by atoms with Crippen molar-refractivity contribution in [3.8, 4) is 0 Å². The molecule has 136 valence electrons. The molecule has 0 aliphatic carbocycles. The molecule has 0 bridgehead atoms. The van der Waals surface area contributed by atoms with E-state index < -0.39 is 0 Å². The van der Waals surface area contributed by atoms with Crippen LogP contribution in [-0.2, 0) is 0 Å². The molecule has 4 rings (SSSR count). The number of aromatic nitrogens is 2. The lowest BCUT2D eigenvalue weighted by Gasteiger charge is -2.15.